The largest absolute Gasteiger partial charge is 0.481 e. The molecule has 21 heavy (non-hydrogen) atoms. The number of nitrogens with zero attached hydrogens (tertiary/aromatic N) is 1. The number of nitrogens with one attached hydrogen (secondary N) is 2. The Balaban J connectivity index is 2.48. The third-order valence-electron chi connectivity index (χ3n) is 3.46. The van der Waals surface area contributed by atoms with E-state index in [1.807, 2.05) is 20.8 Å². The fourth-order valence-electron chi connectivity index (χ4n) is 2.27. The van der Waals surface area contributed by atoms with Gasteiger partial charge in [-0.1, -0.05) is 18.5 Å². The predicted octanol–water partition coefficient (Wildman–Crippen LogP) is 2.15. The highest BCUT2D eigenvalue weighted by atomic mass is 16.5. The molecule has 2 amide bonds. The van der Waals surface area contributed by atoms with E-state index in [1.54, 1.807) is 6.92 Å². The Morgan fingerprint density at radius 3 is 2.52 bits per heavy atom. The molecule has 0 aromatic carbocycles. The molecule has 7 heteroatoms. The number of hydrogen-bond donors (Lipinski definition) is 3. The Morgan fingerprint density at radius 1 is 1.38 bits per heavy atom. The molecule has 0 spiro atoms. The van der Waals surface area contributed by atoms with Gasteiger partial charge in [0.05, 0.1) is 11.7 Å². The van der Waals surface area contributed by atoms with Gasteiger partial charge < -0.3 is 20.3 Å². The molecular weight excluding hydrogens is 274 g/mol. The second kappa shape index (κ2) is 7.66. The minimum atomic E-state index is -0.854. The van der Waals surface area contributed by atoms with E-state index in [0.717, 1.165) is 11.3 Å². The zero-order chi connectivity index (χ0) is 16.0. The lowest BCUT2D eigenvalue weighted by Gasteiger charge is -2.17. The number of carbonyl (C=O) groups excluding carboxylic acids is 1. The summed E-state index contributed by atoms with van der Waals surface area (Å²) in [7, 11) is 0. The van der Waals surface area contributed by atoms with Crippen molar-refractivity contribution in [1.29, 1.82) is 0 Å². The first-order valence-corrected chi connectivity index (χ1v) is 7.04. The molecule has 0 saturated heterocycles. The highest BCUT2D eigenvalue weighted by Gasteiger charge is 2.19. The molecule has 0 aliphatic rings. The topological polar surface area (TPSA) is 104 Å². The lowest BCUT2D eigenvalue weighted by Crippen LogP contribution is -2.39. The number of carboxylic acid groups (broad SMARTS) is 1. The van der Waals surface area contributed by atoms with Crippen molar-refractivity contribution < 1.29 is 19.2 Å². The molecule has 7 nitrogen and oxygen atoms in total. The van der Waals surface area contributed by atoms with Gasteiger partial charge in [-0.2, -0.15) is 0 Å². The van der Waals surface area contributed by atoms with Crippen molar-refractivity contribution in [2.75, 3.05) is 6.54 Å². The molecule has 0 bridgehead atoms. The fraction of sp³-hybridized carbons (Fsp3) is 0.643. The molecule has 0 fully saturated rings. The van der Waals surface area contributed by atoms with Crippen LogP contribution in [0.2, 0.25) is 0 Å². The van der Waals surface area contributed by atoms with Crippen molar-refractivity contribution in [3.05, 3.63) is 17.0 Å². The number of urea groups is 1. The standard InChI is InChI=1S/C14H23N3O4/c1-5-11(6-12(18)19)7-15-14(20)16-8(2)13-9(3)17-21-10(13)4/h8,11H,5-7H2,1-4H3,(H,18,19)(H2,15,16,20). The molecule has 0 aliphatic carbocycles. The van der Waals surface area contributed by atoms with Crippen LogP contribution in [0.15, 0.2) is 4.52 Å². The van der Waals surface area contributed by atoms with Gasteiger partial charge in [0.25, 0.3) is 0 Å². The number of aliphatic carboxylic acids is 1. The number of carbonyl (C=O) groups is 2. The maximum Gasteiger partial charge on any atom is 0.315 e. The molecule has 1 aromatic heterocycles. The molecule has 118 valence electrons. The molecule has 0 radical (unpaired) electrons. The van der Waals surface area contributed by atoms with Gasteiger partial charge >= 0.3 is 12.0 Å². The first-order chi connectivity index (χ1) is 9.85. The van der Waals surface area contributed by atoms with Crippen LogP contribution < -0.4 is 10.6 Å². The van der Waals surface area contributed by atoms with E-state index in [2.05, 4.69) is 15.8 Å². The first-order valence-electron chi connectivity index (χ1n) is 7.04. The predicted molar refractivity (Wildman–Crippen MR) is 77.0 cm³/mol. The Hall–Kier alpha value is -2.05. The van der Waals surface area contributed by atoms with Crippen molar-refractivity contribution in [3.63, 3.8) is 0 Å². The lowest BCUT2D eigenvalue weighted by atomic mass is 10.0. The van der Waals surface area contributed by atoms with Gasteiger partial charge in [0.2, 0.25) is 0 Å². The maximum atomic E-state index is 11.9. The van der Waals surface area contributed by atoms with Crippen LogP contribution in [0, 0.1) is 19.8 Å². The first kappa shape index (κ1) is 17.0. The summed E-state index contributed by atoms with van der Waals surface area (Å²) >= 11 is 0. The van der Waals surface area contributed by atoms with Crippen molar-refractivity contribution in [2.24, 2.45) is 5.92 Å². The summed E-state index contributed by atoms with van der Waals surface area (Å²) in [5.41, 5.74) is 1.61. The van der Waals surface area contributed by atoms with Crippen LogP contribution in [-0.2, 0) is 4.79 Å². The second-order valence-corrected chi connectivity index (χ2v) is 5.19. The fourth-order valence-corrected chi connectivity index (χ4v) is 2.27. The summed E-state index contributed by atoms with van der Waals surface area (Å²) in [4.78, 5) is 22.5. The average Bonchev–Trinajstić information content (AvgIpc) is 2.73. The Bertz CT molecular complexity index is 479. The van der Waals surface area contributed by atoms with E-state index < -0.39 is 5.97 Å². The van der Waals surface area contributed by atoms with Crippen molar-refractivity contribution in [2.45, 2.75) is 46.6 Å². The number of hydrogen-bond acceptors (Lipinski definition) is 4. The van der Waals surface area contributed by atoms with Crippen molar-refractivity contribution >= 4 is 12.0 Å². The Morgan fingerprint density at radius 2 is 2.05 bits per heavy atom. The Labute approximate surface area is 124 Å². The van der Waals surface area contributed by atoms with Gasteiger partial charge in [0.1, 0.15) is 5.76 Å². The van der Waals surface area contributed by atoms with Gasteiger partial charge in [0, 0.05) is 18.5 Å². The third kappa shape index (κ3) is 5.09. The number of amides is 2. The molecule has 1 aromatic rings. The van der Waals surface area contributed by atoms with Crippen LogP contribution >= 0.6 is 0 Å². The van der Waals surface area contributed by atoms with Crippen LogP contribution in [0.4, 0.5) is 4.79 Å². The van der Waals surface area contributed by atoms with Gasteiger partial charge in [-0.15, -0.1) is 0 Å². The zero-order valence-corrected chi connectivity index (χ0v) is 12.9. The van der Waals surface area contributed by atoms with E-state index >= 15 is 0 Å². The van der Waals surface area contributed by atoms with E-state index in [1.165, 1.54) is 0 Å². The Kier molecular flexibility index (Phi) is 6.20. The second-order valence-electron chi connectivity index (χ2n) is 5.19. The number of aryl methyl sites for hydroxylation is 2. The number of carboxylic acids is 1. The summed E-state index contributed by atoms with van der Waals surface area (Å²) in [5.74, 6) is -0.242. The van der Waals surface area contributed by atoms with Gasteiger partial charge in [-0.25, -0.2) is 4.79 Å². The summed E-state index contributed by atoms with van der Waals surface area (Å²) in [5, 5.41) is 18.1. The normalized spacial score (nSPS) is 13.5. The van der Waals surface area contributed by atoms with Crippen LogP contribution in [-0.4, -0.2) is 28.8 Å². The highest BCUT2D eigenvalue weighted by molar-refractivity contribution is 5.74. The van der Waals surface area contributed by atoms with Crippen LogP contribution in [0.5, 0.6) is 0 Å². The molecule has 2 atom stereocenters. The average molecular weight is 297 g/mol. The zero-order valence-electron chi connectivity index (χ0n) is 12.9. The van der Waals surface area contributed by atoms with Gasteiger partial charge in [0.15, 0.2) is 0 Å². The molecule has 2 unspecified atom stereocenters. The quantitative estimate of drug-likeness (QED) is 0.715. The van der Waals surface area contributed by atoms with E-state index in [4.69, 9.17) is 9.63 Å². The minimum Gasteiger partial charge on any atom is -0.481 e. The molecule has 1 rings (SSSR count). The smallest absolute Gasteiger partial charge is 0.315 e. The number of rotatable bonds is 7. The molecular formula is C14H23N3O4. The highest BCUT2D eigenvalue weighted by Crippen LogP contribution is 2.20. The molecule has 0 aliphatic heterocycles. The summed E-state index contributed by atoms with van der Waals surface area (Å²) in [6, 6.07) is -0.554. The lowest BCUT2D eigenvalue weighted by molar-refractivity contribution is -0.138. The van der Waals surface area contributed by atoms with Gasteiger partial charge in [-0.05, 0) is 26.7 Å². The SMILES string of the molecule is CCC(CNC(=O)NC(C)c1c(C)noc1C)CC(=O)O. The van der Waals surface area contributed by atoms with Crippen LogP contribution in [0.3, 0.4) is 0 Å². The third-order valence-corrected chi connectivity index (χ3v) is 3.46. The van der Waals surface area contributed by atoms with Crippen LogP contribution in [0.1, 0.15) is 49.7 Å². The van der Waals surface area contributed by atoms with E-state index in [9.17, 15) is 9.59 Å². The molecule has 1 heterocycles. The maximum absolute atomic E-state index is 11.9. The number of aromatic nitrogens is 1. The van der Waals surface area contributed by atoms with E-state index in [0.29, 0.717) is 18.7 Å². The summed E-state index contributed by atoms with van der Waals surface area (Å²) in [6.07, 6.45) is 0.752. The molecule has 0 saturated carbocycles. The summed E-state index contributed by atoms with van der Waals surface area (Å²) < 4.78 is 5.07. The molecule has 3 N–H and O–H groups in total. The van der Waals surface area contributed by atoms with Crippen molar-refractivity contribution in [1.82, 2.24) is 15.8 Å². The minimum absolute atomic E-state index is 0.0518. The van der Waals surface area contributed by atoms with E-state index in [-0.39, 0.29) is 24.4 Å². The monoisotopic (exact) mass is 297 g/mol. The van der Waals surface area contributed by atoms with Gasteiger partial charge in [-0.3, -0.25) is 4.79 Å². The van der Waals surface area contributed by atoms with Crippen LogP contribution in [0.25, 0.3) is 0 Å². The van der Waals surface area contributed by atoms with Crippen molar-refractivity contribution in [3.8, 4) is 0 Å². The summed E-state index contributed by atoms with van der Waals surface area (Å²) in [6.45, 7) is 7.70.